The van der Waals surface area contributed by atoms with E-state index in [0.29, 0.717) is 6.42 Å². The number of carboxylic acids is 1. The van der Waals surface area contributed by atoms with E-state index < -0.39 is 23.4 Å². The fourth-order valence-corrected chi connectivity index (χ4v) is 4.27. The molecule has 0 fully saturated rings. The SMILES string of the molecule is N[C@H](CC1(C(=O)OCC2c3ccccc3-c3ccccc32)C=CC=CC1)C(=O)O. The second-order valence-electron chi connectivity index (χ2n) is 7.62. The largest absolute Gasteiger partial charge is 0.480 e. The highest BCUT2D eigenvalue weighted by molar-refractivity contribution is 5.83. The second-order valence-corrected chi connectivity index (χ2v) is 7.62. The van der Waals surface area contributed by atoms with Gasteiger partial charge in [0, 0.05) is 5.92 Å². The van der Waals surface area contributed by atoms with Crippen LogP contribution in [0, 0.1) is 5.41 Å². The summed E-state index contributed by atoms with van der Waals surface area (Å²) in [5.74, 6) is -1.60. The third kappa shape index (κ3) is 3.49. The highest BCUT2D eigenvalue weighted by Gasteiger charge is 2.41. The summed E-state index contributed by atoms with van der Waals surface area (Å²) in [5.41, 5.74) is 9.29. The predicted octanol–water partition coefficient (Wildman–Crippen LogP) is 3.65. The molecular formula is C24H23NO4. The minimum absolute atomic E-state index is 0.000151. The summed E-state index contributed by atoms with van der Waals surface area (Å²) >= 11 is 0. The fourth-order valence-electron chi connectivity index (χ4n) is 4.27. The van der Waals surface area contributed by atoms with E-state index in [-0.39, 0.29) is 18.9 Å². The number of nitrogens with two attached hydrogens (primary N) is 1. The first-order valence-corrected chi connectivity index (χ1v) is 9.70. The van der Waals surface area contributed by atoms with Crippen LogP contribution >= 0.6 is 0 Å². The van der Waals surface area contributed by atoms with Crippen LogP contribution in [-0.2, 0) is 14.3 Å². The summed E-state index contributed by atoms with van der Waals surface area (Å²) in [5, 5.41) is 9.21. The molecular weight excluding hydrogens is 366 g/mol. The van der Waals surface area contributed by atoms with Gasteiger partial charge >= 0.3 is 11.9 Å². The normalized spacial score (nSPS) is 20.7. The first-order chi connectivity index (χ1) is 14.0. The number of rotatable bonds is 6. The van der Waals surface area contributed by atoms with Crippen molar-refractivity contribution < 1.29 is 19.4 Å². The second kappa shape index (κ2) is 7.68. The Bertz CT molecular complexity index is 964. The van der Waals surface area contributed by atoms with Gasteiger partial charge in [-0.1, -0.05) is 72.8 Å². The van der Waals surface area contributed by atoms with Crippen LogP contribution in [0.3, 0.4) is 0 Å². The molecule has 0 aliphatic heterocycles. The molecule has 0 heterocycles. The number of esters is 1. The molecule has 0 saturated heterocycles. The summed E-state index contributed by atoms with van der Waals surface area (Å²) in [7, 11) is 0. The van der Waals surface area contributed by atoms with Crippen molar-refractivity contribution >= 4 is 11.9 Å². The number of aliphatic carboxylic acids is 1. The van der Waals surface area contributed by atoms with E-state index in [1.807, 2.05) is 36.4 Å². The zero-order valence-corrected chi connectivity index (χ0v) is 16.0. The number of benzene rings is 2. The van der Waals surface area contributed by atoms with Crippen LogP contribution in [-0.4, -0.2) is 29.7 Å². The van der Waals surface area contributed by atoms with Crippen molar-refractivity contribution in [2.24, 2.45) is 11.1 Å². The lowest BCUT2D eigenvalue weighted by Crippen LogP contribution is -2.42. The minimum Gasteiger partial charge on any atom is -0.480 e. The van der Waals surface area contributed by atoms with Gasteiger partial charge in [0.25, 0.3) is 0 Å². The first-order valence-electron chi connectivity index (χ1n) is 9.70. The van der Waals surface area contributed by atoms with E-state index >= 15 is 0 Å². The van der Waals surface area contributed by atoms with E-state index in [1.165, 1.54) is 0 Å². The maximum absolute atomic E-state index is 13.1. The van der Waals surface area contributed by atoms with Gasteiger partial charge in [0.15, 0.2) is 0 Å². The molecule has 0 amide bonds. The molecule has 0 radical (unpaired) electrons. The van der Waals surface area contributed by atoms with Gasteiger partial charge in [0.05, 0.1) is 5.41 Å². The predicted molar refractivity (Wildman–Crippen MR) is 110 cm³/mol. The van der Waals surface area contributed by atoms with Crippen LogP contribution < -0.4 is 5.73 Å². The lowest BCUT2D eigenvalue weighted by molar-refractivity contribution is -0.154. The molecule has 0 bridgehead atoms. The number of carbonyl (C=O) groups is 2. The highest BCUT2D eigenvalue weighted by Crippen LogP contribution is 2.45. The molecule has 1 unspecified atom stereocenters. The molecule has 2 atom stereocenters. The van der Waals surface area contributed by atoms with Gasteiger partial charge in [0.2, 0.25) is 0 Å². The van der Waals surface area contributed by atoms with Crippen molar-refractivity contribution in [2.75, 3.05) is 6.61 Å². The Morgan fingerprint density at radius 1 is 1.07 bits per heavy atom. The molecule has 3 N–H and O–H groups in total. The molecule has 29 heavy (non-hydrogen) atoms. The standard InChI is InChI=1S/C24H23NO4/c25-21(22(26)27)14-24(12-6-1-7-13-24)23(28)29-15-20-18-10-4-2-8-16(18)17-9-3-5-11-19(17)20/h1-12,20-21H,13-15,25H2,(H,26,27)/t21-,24?/m1/s1. The highest BCUT2D eigenvalue weighted by atomic mass is 16.5. The number of carboxylic acid groups (broad SMARTS) is 1. The van der Waals surface area contributed by atoms with Crippen LogP contribution in [0.25, 0.3) is 11.1 Å². The summed E-state index contributed by atoms with van der Waals surface area (Å²) in [6.45, 7) is 0.203. The van der Waals surface area contributed by atoms with E-state index in [1.54, 1.807) is 12.2 Å². The van der Waals surface area contributed by atoms with Gasteiger partial charge in [-0.3, -0.25) is 9.59 Å². The van der Waals surface area contributed by atoms with Crippen molar-refractivity contribution in [3.8, 4) is 11.1 Å². The number of allylic oxidation sites excluding steroid dienone is 3. The number of carbonyl (C=O) groups excluding carboxylic acids is 1. The van der Waals surface area contributed by atoms with E-state index in [9.17, 15) is 14.7 Å². The Labute approximate surface area is 169 Å². The van der Waals surface area contributed by atoms with Gasteiger partial charge in [-0.25, -0.2) is 0 Å². The topological polar surface area (TPSA) is 89.6 Å². The van der Waals surface area contributed by atoms with Crippen LogP contribution in [0.15, 0.2) is 72.8 Å². The van der Waals surface area contributed by atoms with E-state index in [2.05, 4.69) is 24.3 Å². The molecule has 2 aliphatic rings. The van der Waals surface area contributed by atoms with Gasteiger partial charge < -0.3 is 15.6 Å². The fraction of sp³-hybridized carbons (Fsp3) is 0.250. The van der Waals surface area contributed by atoms with Crippen molar-refractivity contribution in [3.05, 3.63) is 84.0 Å². The molecule has 0 aromatic heterocycles. The van der Waals surface area contributed by atoms with Crippen molar-refractivity contribution in [1.29, 1.82) is 0 Å². The Hall–Kier alpha value is -3.18. The molecule has 2 aliphatic carbocycles. The maximum atomic E-state index is 13.1. The van der Waals surface area contributed by atoms with Crippen molar-refractivity contribution in [2.45, 2.75) is 24.8 Å². The van der Waals surface area contributed by atoms with Gasteiger partial charge in [0.1, 0.15) is 12.6 Å². The van der Waals surface area contributed by atoms with Crippen molar-refractivity contribution in [3.63, 3.8) is 0 Å². The maximum Gasteiger partial charge on any atom is 0.320 e. The molecule has 0 saturated carbocycles. The zero-order valence-electron chi connectivity index (χ0n) is 16.0. The molecule has 148 valence electrons. The van der Waals surface area contributed by atoms with Gasteiger partial charge in [-0.2, -0.15) is 0 Å². The van der Waals surface area contributed by atoms with Crippen molar-refractivity contribution in [1.82, 2.24) is 0 Å². The lowest BCUT2D eigenvalue weighted by atomic mass is 9.76. The first kappa shape index (κ1) is 19.2. The Morgan fingerprint density at radius 2 is 1.69 bits per heavy atom. The van der Waals surface area contributed by atoms with Gasteiger partial charge in [-0.05, 0) is 35.1 Å². The summed E-state index contributed by atoms with van der Waals surface area (Å²) in [6, 6.07) is 15.1. The average Bonchev–Trinajstić information content (AvgIpc) is 3.06. The van der Waals surface area contributed by atoms with Gasteiger partial charge in [-0.15, -0.1) is 0 Å². The Morgan fingerprint density at radius 3 is 2.24 bits per heavy atom. The zero-order chi connectivity index (χ0) is 20.4. The number of hydrogen-bond donors (Lipinski definition) is 2. The number of hydrogen-bond acceptors (Lipinski definition) is 4. The van der Waals surface area contributed by atoms with E-state index in [4.69, 9.17) is 10.5 Å². The average molecular weight is 389 g/mol. The molecule has 0 spiro atoms. The molecule has 5 nitrogen and oxygen atoms in total. The number of ether oxygens (including phenoxy) is 1. The summed E-state index contributed by atoms with van der Waals surface area (Å²) < 4.78 is 5.79. The van der Waals surface area contributed by atoms with Crippen LogP contribution in [0.1, 0.15) is 29.9 Å². The number of fused-ring (bicyclic) bond motifs is 3. The molecule has 2 aromatic carbocycles. The summed E-state index contributed by atoms with van der Waals surface area (Å²) in [6.07, 6.45) is 7.52. The smallest absolute Gasteiger partial charge is 0.320 e. The van der Waals surface area contributed by atoms with Crippen LogP contribution in [0.4, 0.5) is 0 Å². The Balaban J connectivity index is 1.56. The van der Waals surface area contributed by atoms with E-state index in [0.717, 1.165) is 22.3 Å². The minimum atomic E-state index is -1.13. The molecule has 5 heteroatoms. The summed E-state index contributed by atoms with van der Waals surface area (Å²) in [4.78, 5) is 24.4. The third-order valence-corrected chi connectivity index (χ3v) is 5.80. The van der Waals surface area contributed by atoms with Crippen LogP contribution in [0.2, 0.25) is 0 Å². The Kier molecular flexibility index (Phi) is 5.07. The monoisotopic (exact) mass is 389 g/mol. The quantitative estimate of drug-likeness (QED) is 0.736. The van der Waals surface area contributed by atoms with Crippen LogP contribution in [0.5, 0.6) is 0 Å². The lowest BCUT2D eigenvalue weighted by Gasteiger charge is -2.31. The third-order valence-electron chi connectivity index (χ3n) is 5.80. The molecule has 2 aromatic rings. The molecule has 4 rings (SSSR count).